The second-order valence-electron chi connectivity index (χ2n) is 4.18. The summed E-state index contributed by atoms with van der Waals surface area (Å²) in [4.78, 5) is -0.0387. The molecule has 6 heteroatoms. The predicted octanol–water partition coefficient (Wildman–Crippen LogP) is 5.63. The van der Waals surface area contributed by atoms with Gasteiger partial charge in [0.15, 0.2) is 0 Å². The fourth-order valence-corrected chi connectivity index (χ4v) is 3.46. The number of hydrogen-bond donors (Lipinski definition) is 0. The van der Waals surface area contributed by atoms with E-state index in [4.69, 9.17) is 5.26 Å². The normalized spacial score (nSPS) is 11.2. The molecule has 0 N–H and O–H groups in total. The van der Waals surface area contributed by atoms with Crippen molar-refractivity contribution in [1.82, 2.24) is 0 Å². The van der Waals surface area contributed by atoms with Gasteiger partial charge in [0.05, 0.1) is 11.1 Å². The molecule has 21 heavy (non-hydrogen) atoms. The standard InChI is InChI=1S/C15H9BrF3NS/c16-13-7-6-12(15(17,18)19)14(11(13)8-20)21-9-10-4-2-1-3-5-10/h1-7H,9H2. The van der Waals surface area contributed by atoms with Crippen LogP contribution in [0.5, 0.6) is 0 Å². The highest BCUT2D eigenvalue weighted by molar-refractivity contribution is 9.10. The van der Waals surface area contributed by atoms with Gasteiger partial charge in [-0.2, -0.15) is 18.4 Å². The molecule has 0 spiro atoms. The molecule has 0 aliphatic heterocycles. The lowest BCUT2D eigenvalue weighted by Crippen LogP contribution is -2.08. The first-order valence-corrected chi connectivity index (χ1v) is 7.68. The van der Waals surface area contributed by atoms with Crippen LogP contribution in [-0.4, -0.2) is 0 Å². The zero-order valence-corrected chi connectivity index (χ0v) is 13.0. The van der Waals surface area contributed by atoms with Gasteiger partial charge in [-0.05, 0) is 33.6 Å². The van der Waals surface area contributed by atoms with Gasteiger partial charge < -0.3 is 0 Å². The molecule has 0 heterocycles. The Hall–Kier alpha value is -1.45. The van der Waals surface area contributed by atoms with Gasteiger partial charge in [0.1, 0.15) is 6.07 Å². The third kappa shape index (κ3) is 3.80. The van der Waals surface area contributed by atoms with Crippen LogP contribution in [0.15, 0.2) is 51.8 Å². The van der Waals surface area contributed by atoms with Gasteiger partial charge in [-0.25, -0.2) is 0 Å². The number of halogens is 4. The van der Waals surface area contributed by atoms with Crippen molar-refractivity contribution >= 4 is 27.7 Å². The van der Waals surface area contributed by atoms with Crippen molar-refractivity contribution in [3.05, 3.63) is 63.6 Å². The van der Waals surface area contributed by atoms with E-state index in [9.17, 15) is 13.2 Å². The molecule has 0 bridgehead atoms. The summed E-state index contributed by atoms with van der Waals surface area (Å²) in [6, 6.07) is 13.3. The summed E-state index contributed by atoms with van der Waals surface area (Å²) in [5.41, 5.74) is 0.147. The second kappa shape index (κ2) is 6.54. The molecular weight excluding hydrogens is 363 g/mol. The number of nitrogens with zero attached hydrogens (tertiary/aromatic N) is 1. The largest absolute Gasteiger partial charge is 0.417 e. The lowest BCUT2D eigenvalue weighted by atomic mass is 10.1. The van der Waals surface area contributed by atoms with E-state index in [1.807, 2.05) is 36.4 Å². The zero-order valence-electron chi connectivity index (χ0n) is 10.6. The Kier molecular flexibility index (Phi) is 4.96. The maximum absolute atomic E-state index is 13.1. The molecule has 0 unspecified atom stereocenters. The van der Waals surface area contributed by atoms with Crippen LogP contribution in [0.25, 0.3) is 0 Å². The van der Waals surface area contributed by atoms with Crippen LogP contribution in [0.3, 0.4) is 0 Å². The van der Waals surface area contributed by atoms with Crippen molar-refractivity contribution < 1.29 is 13.2 Å². The van der Waals surface area contributed by atoms with Gasteiger partial charge in [0.2, 0.25) is 0 Å². The highest BCUT2D eigenvalue weighted by Crippen LogP contribution is 2.41. The molecule has 2 aromatic rings. The third-order valence-electron chi connectivity index (χ3n) is 2.75. The second-order valence-corrected chi connectivity index (χ2v) is 6.02. The molecule has 0 fully saturated rings. The Morgan fingerprint density at radius 1 is 1.10 bits per heavy atom. The minimum absolute atomic E-state index is 0.0192. The molecule has 0 amide bonds. The van der Waals surface area contributed by atoms with E-state index in [2.05, 4.69) is 15.9 Å². The molecule has 2 aromatic carbocycles. The number of hydrogen-bond acceptors (Lipinski definition) is 2. The number of thioether (sulfide) groups is 1. The zero-order chi connectivity index (χ0) is 15.5. The van der Waals surface area contributed by atoms with Crippen molar-refractivity contribution in [2.75, 3.05) is 0 Å². The van der Waals surface area contributed by atoms with E-state index in [0.717, 1.165) is 23.4 Å². The first-order chi connectivity index (χ1) is 9.93. The van der Waals surface area contributed by atoms with Gasteiger partial charge in [0.25, 0.3) is 0 Å². The topological polar surface area (TPSA) is 23.8 Å². The van der Waals surface area contributed by atoms with Crippen molar-refractivity contribution in [3.8, 4) is 6.07 Å². The summed E-state index contributed by atoms with van der Waals surface area (Å²) in [6.07, 6.45) is -4.48. The molecule has 1 nitrogen and oxygen atoms in total. The van der Waals surface area contributed by atoms with Crippen molar-refractivity contribution in [1.29, 1.82) is 5.26 Å². The molecule has 0 saturated heterocycles. The molecular formula is C15H9BrF3NS. The van der Waals surface area contributed by atoms with Crippen LogP contribution in [0.1, 0.15) is 16.7 Å². The molecule has 0 aliphatic carbocycles. The van der Waals surface area contributed by atoms with E-state index in [1.165, 1.54) is 6.07 Å². The van der Waals surface area contributed by atoms with E-state index in [1.54, 1.807) is 0 Å². The molecule has 0 aromatic heterocycles. The number of rotatable bonds is 3. The van der Waals surface area contributed by atoms with Crippen LogP contribution in [0, 0.1) is 11.3 Å². The maximum atomic E-state index is 13.1. The minimum Gasteiger partial charge on any atom is -0.192 e. The molecule has 0 atom stereocenters. The number of nitriles is 1. The quantitative estimate of drug-likeness (QED) is 0.652. The Labute approximate surface area is 132 Å². The summed E-state index contributed by atoms with van der Waals surface area (Å²) >= 11 is 4.15. The van der Waals surface area contributed by atoms with Gasteiger partial charge in [0, 0.05) is 15.1 Å². The smallest absolute Gasteiger partial charge is 0.192 e. The Balaban J connectivity index is 2.41. The summed E-state index contributed by atoms with van der Waals surface area (Å²) in [7, 11) is 0. The van der Waals surface area contributed by atoms with E-state index < -0.39 is 11.7 Å². The van der Waals surface area contributed by atoms with Crippen LogP contribution < -0.4 is 0 Å². The Morgan fingerprint density at radius 2 is 1.76 bits per heavy atom. The van der Waals surface area contributed by atoms with Gasteiger partial charge >= 0.3 is 6.18 Å². The highest BCUT2D eigenvalue weighted by Gasteiger charge is 2.35. The van der Waals surface area contributed by atoms with E-state index >= 15 is 0 Å². The van der Waals surface area contributed by atoms with E-state index in [0.29, 0.717) is 10.2 Å². The summed E-state index contributed by atoms with van der Waals surface area (Å²) in [6.45, 7) is 0. The lowest BCUT2D eigenvalue weighted by Gasteiger charge is -2.14. The van der Waals surface area contributed by atoms with Crippen molar-refractivity contribution in [3.63, 3.8) is 0 Å². The van der Waals surface area contributed by atoms with Gasteiger partial charge in [-0.3, -0.25) is 0 Å². The van der Waals surface area contributed by atoms with Crippen molar-refractivity contribution in [2.24, 2.45) is 0 Å². The fraction of sp³-hybridized carbons (Fsp3) is 0.133. The SMILES string of the molecule is N#Cc1c(Br)ccc(C(F)(F)F)c1SCc1ccccc1. The number of alkyl halides is 3. The summed E-state index contributed by atoms with van der Waals surface area (Å²) in [5.74, 6) is 0.370. The first kappa shape index (κ1) is 15.9. The number of benzene rings is 2. The molecule has 0 radical (unpaired) electrons. The minimum atomic E-state index is -4.48. The van der Waals surface area contributed by atoms with Crippen molar-refractivity contribution in [2.45, 2.75) is 16.8 Å². The summed E-state index contributed by atoms with van der Waals surface area (Å²) < 4.78 is 39.6. The van der Waals surface area contributed by atoms with Crippen LogP contribution in [-0.2, 0) is 11.9 Å². The molecule has 108 valence electrons. The van der Waals surface area contributed by atoms with Crippen LogP contribution in [0.4, 0.5) is 13.2 Å². The monoisotopic (exact) mass is 371 g/mol. The molecule has 0 saturated carbocycles. The van der Waals surface area contributed by atoms with Gasteiger partial charge in [-0.15, -0.1) is 11.8 Å². The maximum Gasteiger partial charge on any atom is 0.417 e. The molecule has 2 rings (SSSR count). The fourth-order valence-electron chi connectivity index (χ4n) is 1.77. The highest BCUT2D eigenvalue weighted by atomic mass is 79.9. The third-order valence-corrected chi connectivity index (χ3v) is 4.60. The average Bonchev–Trinajstić information content (AvgIpc) is 2.45. The van der Waals surface area contributed by atoms with E-state index in [-0.39, 0.29) is 10.5 Å². The first-order valence-electron chi connectivity index (χ1n) is 5.90. The van der Waals surface area contributed by atoms with Gasteiger partial charge in [-0.1, -0.05) is 30.3 Å². The lowest BCUT2D eigenvalue weighted by molar-refractivity contribution is -0.139. The average molecular weight is 372 g/mol. The summed E-state index contributed by atoms with van der Waals surface area (Å²) in [5, 5.41) is 9.13. The predicted molar refractivity (Wildman–Crippen MR) is 79.9 cm³/mol. The Bertz CT molecular complexity index is 678. The Morgan fingerprint density at radius 3 is 2.33 bits per heavy atom. The van der Waals surface area contributed by atoms with Crippen LogP contribution >= 0.6 is 27.7 Å². The van der Waals surface area contributed by atoms with Crippen LogP contribution in [0.2, 0.25) is 0 Å². The molecule has 0 aliphatic rings.